The summed E-state index contributed by atoms with van der Waals surface area (Å²) in [6.45, 7) is 5.34. The van der Waals surface area contributed by atoms with E-state index in [4.69, 9.17) is 0 Å². The first-order valence-corrected chi connectivity index (χ1v) is 10.2. The van der Waals surface area contributed by atoms with Crippen molar-refractivity contribution >= 4 is 33.8 Å². The van der Waals surface area contributed by atoms with Crippen LogP contribution >= 0.6 is 11.3 Å². The molecule has 0 radical (unpaired) electrons. The first-order chi connectivity index (χ1) is 13.6. The lowest BCUT2D eigenvalue weighted by Crippen LogP contribution is -2.20. The van der Waals surface area contributed by atoms with Crippen LogP contribution in [0.25, 0.3) is 10.9 Å². The zero-order valence-corrected chi connectivity index (χ0v) is 16.6. The van der Waals surface area contributed by atoms with Gasteiger partial charge in [-0.15, -0.1) is 5.10 Å². The summed E-state index contributed by atoms with van der Waals surface area (Å²) in [5.74, 6) is 0.479. The summed E-state index contributed by atoms with van der Waals surface area (Å²) in [6.07, 6.45) is 3.88. The Hall–Kier alpha value is -3.00. The van der Waals surface area contributed by atoms with E-state index in [-0.39, 0.29) is 18.4 Å². The summed E-state index contributed by atoms with van der Waals surface area (Å²) >= 11 is 1.59. The molecule has 1 aromatic carbocycles. The van der Waals surface area contributed by atoms with E-state index >= 15 is 0 Å². The van der Waals surface area contributed by atoms with Crippen molar-refractivity contribution in [2.75, 3.05) is 5.32 Å². The van der Waals surface area contributed by atoms with Crippen LogP contribution in [-0.4, -0.2) is 30.7 Å². The minimum absolute atomic E-state index is 0.0733. The average Bonchev–Trinajstić information content (AvgIpc) is 3.42. The van der Waals surface area contributed by atoms with Gasteiger partial charge in [0.15, 0.2) is 0 Å². The molecule has 0 spiro atoms. The molecule has 0 bridgehead atoms. The van der Waals surface area contributed by atoms with Gasteiger partial charge in [-0.1, -0.05) is 19.9 Å². The van der Waals surface area contributed by atoms with Gasteiger partial charge < -0.3 is 9.88 Å². The monoisotopic (exact) mass is 394 g/mol. The molecule has 0 aliphatic heterocycles. The zero-order valence-electron chi connectivity index (χ0n) is 15.8. The highest BCUT2D eigenvalue weighted by Gasteiger charge is 2.20. The van der Waals surface area contributed by atoms with Crippen LogP contribution in [0.3, 0.4) is 0 Å². The topological polar surface area (TPSA) is 77.6 Å². The Morgan fingerprint density at radius 3 is 2.86 bits per heavy atom. The summed E-state index contributed by atoms with van der Waals surface area (Å²) in [6, 6.07) is 9.83. The van der Waals surface area contributed by atoms with Gasteiger partial charge in [-0.3, -0.25) is 4.79 Å². The molecule has 1 atom stereocenters. The number of benzene rings is 1. The first-order valence-electron chi connectivity index (χ1n) is 9.24. The molecule has 4 aromatic rings. The molecule has 3 heterocycles. The molecule has 7 nitrogen and oxygen atoms in total. The van der Waals surface area contributed by atoms with Crippen molar-refractivity contribution in [1.82, 2.24) is 24.8 Å². The summed E-state index contributed by atoms with van der Waals surface area (Å²) in [4.78, 5) is 12.8. The fraction of sp³-hybridized carbons (Fsp3) is 0.300. The molecule has 1 amide bonds. The summed E-state index contributed by atoms with van der Waals surface area (Å²) in [7, 11) is 0. The molecule has 8 heteroatoms. The van der Waals surface area contributed by atoms with Gasteiger partial charge in [0.05, 0.1) is 23.7 Å². The maximum absolute atomic E-state index is 12.8. The van der Waals surface area contributed by atoms with E-state index in [0.717, 1.165) is 28.7 Å². The van der Waals surface area contributed by atoms with Gasteiger partial charge >= 0.3 is 0 Å². The number of aromatic nitrogens is 5. The molecular formula is C20H22N6OS. The van der Waals surface area contributed by atoms with E-state index in [9.17, 15) is 4.79 Å². The van der Waals surface area contributed by atoms with E-state index in [2.05, 4.69) is 57.6 Å². The van der Waals surface area contributed by atoms with Crippen molar-refractivity contribution in [1.29, 1.82) is 0 Å². The summed E-state index contributed by atoms with van der Waals surface area (Å²) in [5.41, 5.74) is 2.97. The number of carbonyl (C=O) groups excluding carboxylic acids is 1. The minimum atomic E-state index is -0.231. The number of amides is 1. The number of tetrazole rings is 1. The van der Waals surface area contributed by atoms with E-state index in [0.29, 0.717) is 5.92 Å². The normalized spacial score (nSPS) is 12.5. The zero-order chi connectivity index (χ0) is 19.5. The SMILES string of the molecule is CC(C)Cn1ccc2c(NC(=O)CC(c3ccsc3)n3cnnn3)cccc21. The average molecular weight is 395 g/mol. The van der Waals surface area contributed by atoms with Crippen LogP contribution in [0.4, 0.5) is 5.69 Å². The molecule has 144 valence electrons. The molecule has 28 heavy (non-hydrogen) atoms. The Morgan fingerprint density at radius 2 is 2.14 bits per heavy atom. The number of hydrogen-bond acceptors (Lipinski definition) is 5. The van der Waals surface area contributed by atoms with Gasteiger partial charge in [-0.2, -0.15) is 11.3 Å². The van der Waals surface area contributed by atoms with Crippen LogP contribution in [0.2, 0.25) is 0 Å². The van der Waals surface area contributed by atoms with E-state index in [1.807, 2.05) is 29.0 Å². The highest BCUT2D eigenvalue weighted by atomic mass is 32.1. The summed E-state index contributed by atoms with van der Waals surface area (Å²) in [5, 5.41) is 19.5. The second-order valence-electron chi connectivity index (χ2n) is 7.21. The van der Waals surface area contributed by atoms with E-state index in [1.54, 1.807) is 22.3 Å². The number of fused-ring (bicyclic) bond motifs is 1. The molecule has 3 aromatic heterocycles. The lowest BCUT2D eigenvalue weighted by molar-refractivity contribution is -0.116. The third kappa shape index (κ3) is 3.82. The predicted octanol–water partition coefficient (Wildman–Crippen LogP) is 3.96. The number of nitrogens with zero attached hydrogens (tertiary/aromatic N) is 5. The largest absolute Gasteiger partial charge is 0.347 e. The Bertz CT molecular complexity index is 1020. The maximum atomic E-state index is 12.8. The van der Waals surface area contributed by atoms with Gasteiger partial charge in [0.1, 0.15) is 6.33 Å². The van der Waals surface area contributed by atoms with Gasteiger partial charge in [0.25, 0.3) is 0 Å². The lowest BCUT2D eigenvalue weighted by Gasteiger charge is -2.15. The number of rotatable bonds is 7. The van der Waals surface area contributed by atoms with Crippen LogP contribution in [0, 0.1) is 5.92 Å². The first kappa shape index (κ1) is 18.4. The standard InChI is InChI=1S/C20H22N6OS/c1-14(2)11-25-8-6-16-17(4-3-5-18(16)25)22-20(27)10-19(15-7-9-28-12-15)26-13-21-23-24-26/h3-9,12-14,19H,10-11H2,1-2H3,(H,22,27). The van der Waals surface area contributed by atoms with Gasteiger partial charge in [0.2, 0.25) is 5.91 Å². The number of thiophene rings is 1. The molecule has 0 aliphatic carbocycles. The van der Waals surface area contributed by atoms with Crippen molar-refractivity contribution in [2.24, 2.45) is 5.92 Å². The van der Waals surface area contributed by atoms with Crippen LogP contribution < -0.4 is 5.32 Å². The number of anilines is 1. The lowest BCUT2D eigenvalue weighted by atomic mass is 10.1. The molecule has 0 saturated heterocycles. The van der Waals surface area contributed by atoms with E-state index in [1.165, 1.54) is 0 Å². The highest BCUT2D eigenvalue weighted by Crippen LogP contribution is 2.27. The minimum Gasteiger partial charge on any atom is -0.347 e. The predicted molar refractivity (Wildman–Crippen MR) is 110 cm³/mol. The van der Waals surface area contributed by atoms with Crippen LogP contribution in [0.5, 0.6) is 0 Å². The molecule has 1 unspecified atom stereocenters. The highest BCUT2D eigenvalue weighted by molar-refractivity contribution is 7.08. The van der Waals surface area contributed by atoms with Crippen molar-refractivity contribution in [3.05, 3.63) is 59.2 Å². The fourth-order valence-corrected chi connectivity index (χ4v) is 4.11. The number of nitrogens with one attached hydrogen (secondary N) is 1. The second-order valence-corrected chi connectivity index (χ2v) is 7.99. The fourth-order valence-electron chi connectivity index (χ4n) is 3.40. The Morgan fingerprint density at radius 1 is 1.25 bits per heavy atom. The summed E-state index contributed by atoms with van der Waals surface area (Å²) < 4.78 is 3.85. The van der Waals surface area contributed by atoms with Gasteiger partial charge in [-0.25, -0.2) is 4.68 Å². The maximum Gasteiger partial charge on any atom is 0.226 e. The van der Waals surface area contributed by atoms with Crippen molar-refractivity contribution in [3.8, 4) is 0 Å². The molecule has 0 aliphatic rings. The van der Waals surface area contributed by atoms with Crippen molar-refractivity contribution in [3.63, 3.8) is 0 Å². The van der Waals surface area contributed by atoms with Crippen LogP contribution in [-0.2, 0) is 11.3 Å². The Labute approximate surface area is 167 Å². The van der Waals surface area contributed by atoms with Gasteiger partial charge in [-0.05, 0) is 56.9 Å². The number of carbonyl (C=O) groups is 1. The van der Waals surface area contributed by atoms with Crippen LogP contribution in [0.15, 0.2) is 53.6 Å². The smallest absolute Gasteiger partial charge is 0.226 e. The van der Waals surface area contributed by atoms with Gasteiger partial charge in [0, 0.05) is 18.1 Å². The molecule has 4 rings (SSSR count). The Balaban J connectivity index is 1.55. The van der Waals surface area contributed by atoms with Crippen molar-refractivity contribution in [2.45, 2.75) is 32.9 Å². The quantitative estimate of drug-likeness (QED) is 0.515. The van der Waals surface area contributed by atoms with E-state index < -0.39 is 0 Å². The third-order valence-electron chi connectivity index (χ3n) is 4.64. The molecular weight excluding hydrogens is 372 g/mol. The van der Waals surface area contributed by atoms with Crippen LogP contribution in [0.1, 0.15) is 31.9 Å². The van der Waals surface area contributed by atoms with Crippen molar-refractivity contribution < 1.29 is 4.79 Å². The number of hydrogen-bond donors (Lipinski definition) is 1. The molecule has 1 N–H and O–H groups in total. The molecule has 0 saturated carbocycles. The second kappa shape index (κ2) is 7.93. The molecule has 0 fully saturated rings. The Kier molecular flexibility index (Phi) is 5.21. The third-order valence-corrected chi connectivity index (χ3v) is 5.34.